The molecular formula is C13H10BrN3O. The number of hydrogen-bond acceptors (Lipinski definition) is 3. The Morgan fingerprint density at radius 1 is 1.17 bits per heavy atom. The first-order valence-electron chi connectivity index (χ1n) is 5.45. The van der Waals surface area contributed by atoms with Crippen LogP contribution in [0.2, 0.25) is 0 Å². The lowest BCUT2D eigenvalue weighted by Crippen LogP contribution is -1.95. The third-order valence-corrected chi connectivity index (χ3v) is 3.53. The number of aromatic nitrogens is 3. The lowest BCUT2D eigenvalue weighted by molar-refractivity contribution is 0.428. The summed E-state index contributed by atoms with van der Waals surface area (Å²) in [7, 11) is 1.79. The van der Waals surface area contributed by atoms with Crippen molar-refractivity contribution in [3.8, 4) is 11.6 Å². The van der Waals surface area contributed by atoms with E-state index < -0.39 is 0 Å². The Balaban J connectivity index is 2.08. The van der Waals surface area contributed by atoms with Gasteiger partial charge in [-0.3, -0.25) is 0 Å². The van der Waals surface area contributed by atoms with Gasteiger partial charge in [-0.15, -0.1) is 5.10 Å². The van der Waals surface area contributed by atoms with Crippen LogP contribution in [0.25, 0.3) is 10.8 Å². The van der Waals surface area contributed by atoms with Crippen molar-refractivity contribution in [3.05, 3.63) is 47.1 Å². The zero-order valence-corrected chi connectivity index (χ0v) is 11.3. The molecule has 1 aromatic heterocycles. The Bertz CT molecular complexity index is 708. The molecule has 0 aliphatic rings. The third kappa shape index (κ3) is 1.86. The highest BCUT2D eigenvalue weighted by Crippen LogP contribution is 2.35. The molecule has 5 heteroatoms. The number of rotatable bonds is 2. The molecule has 3 rings (SSSR count). The number of halogens is 1. The molecule has 4 nitrogen and oxygen atoms in total. The second kappa shape index (κ2) is 4.42. The topological polar surface area (TPSA) is 39.9 Å². The van der Waals surface area contributed by atoms with Crippen LogP contribution in [0.1, 0.15) is 0 Å². The molecule has 0 atom stereocenters. The Morgan fingerprint density at radius 2 is 2.00 bits per heavy atom. The molecular weight excluding hydrogens is 294 g/mol. The second-order valence-corrected chi connectivity index (χ2v) is 4.69. The van der Waals surface area contributed by atoms with Crippen molar-refractivity contribution >= 4 is 26.7 Å². The van der Waals surface area contributed by atoms with Gasteiger partial charge >= 0.3 is 0 Å². The van der Waals surface area contributed by atoms with E-state index >= 15 is 0 Å². The standard InChI is InChI=1S/C13H10BrN3O/c1-17-12(8-15-16-17)18-11-7-6-9-4-2-3-5-10(9)13(11)14/h2-8H,1H3. The molecule has 0 aliphatic carbocycles. The van der Waals surface area contributed by atoms with Gasteiger partial charge in [-0.2, -0.15) is 0 Å². The zero-order valence-electron chi connectivity index (χ0n) is 9.67. The summed E-state index contributed by atoms with van der Waals surface area (Å²) in [4.78, 5) is 0. The van der Waals surface area contributed by atoms with Gasteiger partial charge in [-0.05, 0) is 32.8 Å². The molecule has 2 aromatic carbocycles. The van der Waals surface area contributed by atoms with Crippen molar-refractivity contribution < 1.29 is 4.74 Å². The molecule has 0 unspecified atom stereocenters. The van der Waals surface area contributed by atoms with E-state index in [1.807, 2.05) is 30.3 Å². The van der Waals surface area contributed by atoms with E-state index in [-0.39, 0.29) is 0 Å². The molecule has 1 heterocycles. The van der Waals surface area contributed by atoms with Gasteiger partial charge in [0.2, 0.25) is 5.88 Å². The van der Waals surface area contributed by atoms with E-state index in [1.165, 1.54) is 5.39 Å². The van der Waals surface area contributed by atoms with Crippen LogP contribution >= 0.6 is 15.9 Å². The van der Waals surface area contributed by atoms with Gasteiger partial charge in [-0.1, -0.05) is 35.5 Å². The van der Waals surface area contributed by atoms with Crippen LogP contribution in [0, 0.1) is 0 Å². The minimum absolute atomic E-state index is 0.603. The van der Waals surface area contributed by atoms with Crippen LogP contribution in [-0.2, 0) is 7.05 Å². The predicted molar refractivity (Wildman–Crippen MR) is 72.7 cm³/mol. The number of hydrogen-bond donors (Lipinski definition) is 0. The fourth-order valence-corrected chi connectivity index (χ4v) is 2.35. The summed E-state index contributed by atoms with van der Waals surface area (Å²) < 4.78 is 8.30. The summed E-state index contributed by atoms with van der Waals surface area (Å²) in [5, 5.41) is 9.90. The molecule has 18 heavy (non-hydrogen) atoms. The van der Waals surface area contributed by atoms with Crippen LogP contribution in [0.3, 0.4) is 0 Å². The highest BCUT2D eigenvalue weighted by molar-refractivity contribution is 9.10. The van der Waals surface area contributed by atoms with Crippen LogP contribution in [0.5, 0.6) is 11.6 Å². The highest BCUT2D eigenvalue weighted by Gasteiger charge is 2.09. The molecule has 0 aliphatic heterocycles. The van der Waals surface area contributed by atoms with Crippen LogP contribution in [0.15, 0.2) is 47.1 Å². The molecule has 0 spiro atoms. The smallest absolute Gasteiger partial charge is 0.237 e. The van der Waals surface area contributed by atoms with Crippen LogP contribution < -0.4 is 4.74 Å². The quantitative estimate of drug-likeness (QED) is 0.727. The maximum atomic E-state index is 5.78. The van der Waals surface area contributed by atoms with Crippen molar-refractivity contribution in [2.24, 2.45) is 7.05 Å². The van der Waals surface area contributed by atoms with Crippen molar-refractivity contribution in [1.82, 2.24) is 15.0 Å². The minimum atomic E-state index is 0.603. The fraction of sp³-hybridized carbons (Fsp3) is 0.0769. The largest absolute Gasteiger partial charge is 0.436 e. The summed E-state index contributed by atoms with van der Waals surface area (Å²) >= 11 is 3.58. The van der Waals surface area contributed by atoms with E-state index in [2.05, 4.69) is 32.3 Å². The summed E-state index contributed by atoms with van der Waals surface area (Å²) in [6, 6.07) is 12.1. The maximum Gasteiger partial charge on any atom is 0.237 e. The lowest BCUT2D eigenvalue weighted by atomic mass is 10.1. The molecule has 0 saturated heterocycles. The monoisotopic (exact) mass is 303 g/mol. The van der Waals surface area contributed by atoms with Gasteiger partial charge < -0.3 is 4.74 Å². The Kier molecular flexibility index (Phi) is 2.76. The molecule has 0 bridgehead atoms. The summed E-state index contributed by atoms with van der Waals surface area (Å²) in [5.74, 6) is 1.35. The maximum absolute atomic E-state index is 5.78. The molecule has 0 N–H and O–H groups in total. The van der Waals surface area contributed by atoms with Crippen molar-refractivity contribution in [2.75, 3.05) is 0 Å². The fourth-order valence-electron chi connectivity index (χ4n) is 1.78. The average molecular weight is 304 g/mol. The van der Waals surface area contributed by atoms with Crippen LogP contribution in [0.4, 0.5) is 0 Å². The molecule has 3 aromatic rings. The van der Waals surface area contributed by atoms with E-state index in [1.54, 1.807) is 17.9 Å². The van der Waals surface area contributed by atoms with E-state index in [9.17, 15) is 0 Å². The van der Waals surface area contributed by atoms with Gasteiger partial charge in [0, 0.05) is 7.05 Å². The first kappa shape index (κ1) is 11.2. The lowest BCUT2D eigenvalue weighted by Gasteiger charge is -2.09. The van der Waals surface area contributed by atoms with Crippen LogP contribution in [-0.4, -0.2) is 15.0 Å². The van der Waals surface area contributed by atoms with Crippen molar-refractivity contribution in [2.45, 2.75) is 0 Å². The van der Waals surface area contributed by atoms with Gasteiger partial charge in [-0.25, -0.2) is 4.68 Å². The van der Waals surface area contributed by atoms with E-state index in [4.69, 9.17) is 4.74 Å². The molecule has 0 fully saturated rings. The van der Waals surface area contributed by atoms with Crippen molar-refractivity contribution in [3.63, 3.8) is 0 Å². The summed E-state index contributed by atoms with van der Waals surface area (Å²) in [5.41, 5.74) is 0. The molecule has 0 radical (unpaired) electrons. The normalized spacial score (nSPS) is 10.8. The zero-order chi connectivity index (χ0) is 12.5. The first-order valence-corrected chi connectivity index (χ1v) is 6.25. The van der Waals surface area contributed by atoms with Gasteiger partial charge in [0.25, 0.3) is 0 Å². The Labute approximate surface area is 112 Å². The number of benzene rings is 2. The third-order valence-electron chi connectivity index (χ3n) is 2.72. The average Bonchev–Trinajstić information content (AvgIpc) is 2.79. The Hall–Kier alpha value is -1.88. The van der Waals surface area contributed by atoms with E-state index in [0.29, 0.717) is 5.88 Å². The number of nitrogens with zero attached hydrogens (tertiary/aromatic N) is 3. The first-order chi connectivity index (χ1) is 8.75. The van der Waals surface area contributed by atoms with Gasteiger partial charge in [0.1, 0.15) is 11.9 Å². The summed E-state index contributed by atoms with van der Waals surface area (Å²) in [6.07, 6.45) is 1.58. The molecule has 0 amide bonds. The second-order valence-electron chi connectivity index (χ2n) is 3.90. The minimum Gasteiger partial charge on any atom is -0.436 e. The van der Waals surface area contributed by atoms with Crippen molar-refractivity contribution in [1.29, 1.82) is 0 Å². The molecule has 0 saturated carbocycles. The predicted octanol–water partition coefficient (Wildman–Crippen LogP) is 3.52. The van der Waals surface area contributed by atoms with Gasteiger partial charge in [0.15, 0.2) is 0 Å². The Morgan fingerprint density at radius 3 is 2.78 bits per heavy atom. The SMILES string of the molecule is Cn1nncc1Oc1ccc2ccccc2c1Br. The van der Waals surface area contributed by atoms with E-state index in [0.717, 1.165) is 15.6 Å². The number of ether oxygens (including phenoxy) is 1. The summed E-state index contributed by atoms with van der Waals surface area (Å²) in [6.45, 7) is 0. The highest BCUT2D eigenvalue weighted by atomic mass is 79.9. The number of aryl methyl sites for hydroxylation is 1. The molecule has 90 valence electrons. The van der Waals surface area contributed by atoms with Gasteiger partial charge in [0.05, 0.1) is 4.47 Å². The number of fused-ring (bicyclic) bond motifs is 1.